The first-order valence-electron chi connectivity index (χ1n) is 6.36. The Kier molecular flexibility index (Phi) is 3.83. The minimum Gasteiger partial charge on any atom is -0.481 e. The lowest BCUT2D eigenvalue weighted by Crippen LogP contribution is -2.02. The van der Waals surface area contributed by atoms with Crippen LogP contribution in [0.2, 0.25) is 0 Å². The van der Waals surface area contributed by atoms with Gasteiger partial charge in [0.15, 0.2) is 0 Å². The van der Waals surface area contributed by atoms with Crippen LogP contribution in [-0.4, -0.2) is 21.0 Å². The topological polar surface area (TPSA) is 63.1 Å². The molecule has 0 aliphatic carbocycles. The van der Waals surface area contributed by atoms with E-state index in [2.05, 4.69) is 32.6 Å². The number of pyridine rings is 2. The van der Waals surface area contributed by atoms with Crippen LogP contribution in [0.4, 0.5) is 0 Å². The molecule has 0 atom stereocenters. The van der Waals surface area contributed by atoms with Crippen molar-refractivity contribution in [3.05, 3.63) is 57.8 Å². The highest BCUT2D eigenvalue weighted by Crippen LogP contribution is 2.25. The number of aromatic nitrogens is 2. The third-order valence-electron chi connectivity index (χ3n) is 3.13. The number of carbonyl (C=O) groups is 1. The predicted octanol–water partition coefficient (Wildman–Crippen LogP) is 3.53. The molecule has 5 heteroatoms. The fraction of sp³-hybridized carbons (Fsp3) is 0.0625. The van der Waals surface area contributed by atoms with Crippen molar-refractivity contribution < 1.29 is 9.90 Å². The Balaban J connectivity index is 2.25. The zero-order valence-corrected chi connectivity index (χ0v) is 13.1. The summed E-state index contributed by atoms with van der Waals surface area (Å²) in [4.78, 5) is 20.0. The summed E-state index contributed by atoms with van der Waals surface area (Å²) >= 11 is 2.22. The summed E-state index contributed by atoms with van der Waals surface area (Å²) in [7, 11) is 0. The summed E-state index contributed by atoms with van der Waals surface area (Å²) in [5.41, 5.74) is 2.98. The summed E-state index contributed by atoms with van der Waals surface area (Å²) in [6.07, 6.45) is 1.67. The standard InChI is InChI=1S/C16H11IN2O2/c17-11-4-5-12-10(8-16(20)21)7-15(19-14(12)9-11)13-3-1-2-6-18-13/h1-7,9H,8H2,(H,20,21). The van der Waals surface area contributed by atoms with Crippen LogP contribution < -0.4 is 0 Å². The van der Waals surface area contributed by atoms with Gasteiger partial charge in [-0.3, -0.25) is 9.78 Å². The molecule has 0 aliphatic rings. The highest BCUT2D eigenvalue weighted by molar-refractivity contribution is 14.1. The molecule has 0 unspecified atom stereocenters. The predicted molar refractivity (Wildman–Crippen MR) is 89.0 cm³/mol. The van der Waals surface area contributed by atoms with E-state index in [9.17, 15) is 4.79 Å². The van der Waals surface area contributed by atoms with E-state index in [1.807, 2.05) is 42.5 Å². The quantitative estimate of drug-likeness (QED) is 0.696. The minimum atomic E-state index is -0.854. The van der Waals surface area contributed by atoms with Crippen molar-refractivity contribution in [3.8, 4) is 11.4 Å². The number of fused-ring (bicyclic) bond motifs is 1. The average Bonchev–Trinajstić information content (AvgIpc) is 2.47. The van der Waals surface area contributed by atoms with E-state index in [-0.39, 0.29) is 6.42 Å². The monoisotopic (exact) mass is 390 g/mol. The minimum absolute atomic E-state index is 0.0283. The number of carboxylic acids is 1. The zero-order valence-electron chi connectivity index (χ0n) is 11.0. The van der Waals surface area contributed by atoms with Gasteiger partial charge in [-0.1, -0.05) is 12.1 Å². The van der Waals surface area contributed by atoms with Gasteiger partial charge in [-0.05, 0) is 58.5 Å². The maximum atomic E-state index is 11.1. The lowest BCUT2D eigenvalue weighted by molar-refractivity contribution is -0.136. The molecule has 0 saturated carbocycles. The van der Waals surface area contributed by atoms with Crippen LogP contribution in [0.5, 0.6) is 0 Å². The Morgan fingerprint density at radius 2 is 2.00 bits per heavy atom. The second kappa shape index (κ2) is 5.77. The lowest BCUT2D eigenvalue weighted by atomic mass is 10.0. The number of carboxylic acid groups (broad SMARTS) is 1. The molecule has 3 rings (SSSR count). The normalized spacial score (nSPS) is 10.7. The Hall–Kier alpha value is -2.02. The third-order valence-corrected chi connectivity index (χ3v) is 3.80. The molecule has 1 N–H and O–H groups in total. The van der Waals surface area contributed by atoms with Crippen LogP contribution in [0.15, 0.2) is 48.7 Å². The van der Waals surface area contributed by atoms with Gasteiger partial charge in [-0.2, -0.15) is 0 Å². The van der Waals surface area contributed by atoms with Crippen molar-refractivity contribution in [2.75, 3.05) is 0 Å². The van der Waals surface area contributed by atoms with E-state index in [0.717, 1.165) is 25.7 Å². The number of halogens is 1. The van der Waals surface area contributed by atoms with E-state index < -0.39 is 5.97 Å². The first kappa shape index (κ1) is 13.9. The number of nitrogens with zero attached hydrogens (tertiary/aromatic N) is 2. The van der Waals surface area contributed by atoms with Gasteiger partial charge in [0.2, 0.25) is 0 Å². The Morgan fingerprint density at radius 3 is 2.71 bits per heavy atom. The van der Waals surface area contributed by atoms with E-state index in [1.165, 1.54) is 0 Å². The summed E-state index contributed by atoms with van der Waals surface area (Å²) in [6, 6.07) is 13.2. The maximum Gasteiger partial charge on any atom is 0.307 e. The molecule has 2 heterocycles. The summed E-state index contributed by atoms with van der Waals surface area (Å²) in [6.45, 7) is 0. The molecule has 0 amide bonds. The zero-order chi connectivity index (χ0) is 14.8. The van der Waals surface area contributed by atoms with Gasteiger partial charge < -0.3 is 5.11 Å². The highest BCUT2D eigenvalue weighted by atomic mass is 127. The van der Waals surface area contributed by atoms with Crippen molar-refractivity contribution in [2.45, 2.75) is 6.42 Å². The molecule has 0 saturated heterocycles. The van der Waals surface area contributed by atoms with Gasteiger partial charge in [-0.25, -0.2) is 4.98 Å². The molecule has 0 aliphatic heterocycles. The number of hydrogen-bond acceptors (Lipinski definition) is 3. The first-order chi connectivity index (χ1) is 10.1. The molecule has 0 radical (unpaired) electrons. The SMILES string of the molecule is O=C(O)Cc1cc(-c2ccccn2)nc2cc(I)ccc12. The largest absolute Gasteiger partial charge is 0.481 e. The molecular weight excluding hydrogens is 379 g/mol. The smallest absolute Gasteiger partial charge is 0.307 e. The van der Waals surface area contributed by atoms with Gasteiger partial charge in [-0.15, -0.1) is 0 Å². The summed E-state index contributed by atoms with van der Waals surface area (Å²) in [5, 5.41) is 9.98. The van der Waals surface area contributed by atoms with Gasteiger partial charge in [0.1, 0.15) is 0 Å². The molecule has 0 spiro atoms. The maximum absolute atomic E-state index is 11.1. The first-order valence-corrected chi connectivity index (χ1v) is 7.44. The van der Waals surface area contributed by atoms with Crippen molar-refractivity contribution >= 4 is 39.5 Å². The number of aliphatic carboxylic acids is 1. The second-order valence-corrected chi connectivity index (χ2v) is 5.86. The van der Waals surface area contributed by atoms with Crippen LogP contribution >= 0.6 is 22.6 Å². The fourth-order valence-electron chi connectivity index (χ4n) is 2.23. The molecule has 21 heavy (non-hydrogen) atoms. The van der Waals surface area contributed by atoms with Crippen LogP contribution in [-0.2, 0) is 11.2 Å². The number of benzene rings is 1. The lowest BCUT2D eigenvalue weighted by Gasteiger charge is -2.08. The van der Waals surface area contributed by atoms with Crippen LogP contribution in [0.3, 0.4) is 0 Å². The fourth-order valence-corrected chi connectivity index (χ4v) is 2.70. The van der Waals surface area contributed by atoms with Crippen molar-refractivity contribution in [3.63, 3.8) is 0 Å². The van der Waals surface area contributed by atoms with Crippen LogP contribution in [0, 0.1) is 3.57 Å². The average molecular weight is 390 g/mol. The summed E-state index contributed by atoms with van der Waals surface area (Å²) in [5.74, 6) is -0.854. The molecule has 3 aromatic rings. The highest BCUT2D eigenvalue weighted by Gasteiger charge is 2.11. The van der Waals surface area contributed by atoms with E-state index in [4.69, 9.17) is 5.11 Å². The van der Waals surface area contributed by atoms with E-state index >= 15 is 0 Å². The molecule has 1 aromatic carbocycles. The molecule has 0 fully saturated rings. The molecule has 104 valence electrons. The molecule has 2 aromatic heterocycles. The molecular formula is C16H11IN2O2. The van der Waals surface area contributed by atoms with Crippen LogP contribution in [0.25, 0.3) is 22.3 Å². The van der Waals surface area contributed by atoms with Gasteiger partial charge in [0.25, 0.3) is 0 Å². The van der Waals surface area contributed by atoms with Crippen molar-refractivity contribution in [2.24, 2.45) is 0 Å². The van der Waals surface area contributed by atoms with Gasteiger partial charge in [0, 0.05) is 15.2 Å². The Morgan fingerprint density at radius 1 is 1.14 bits per heavy atom. The number of rotatable bonds is 3. The third kappa shape index (κ3) is 3.02. The number of hydrogen-bond donors (Lipinski definition) is 1. The molecule has 4 nitrogen and oxygen atoms in total. The van der Waals surface area contributed by atoms with Gasteiger partial charge >= 0.3 is 5.97 Å². The van der Waals surface area contributed by atoms with E-state index in [0.29, 0.717) is 5.69 Å². The Labute approximate surface area is 135 Å². The van der Waals surface area contributed by atoms with Crippen molar-refractivity contribution in [1.82, 2.24) is 9.97 Å². The Bertz CT molecular complexity index is 819. The second-order valence-electron chi connectivity index (χ2n) is 4.61. The van der Waals surface area contributed by atoms with E-state index in [1.54, 1.807) is 6.20 Å². The summed E-state index contributed by atoms with van der Waals surface area (Å²) < 4.78 is 1.06. The van der Waals surface area contributed by atoms with Gasteiger partial charge in [0.05, 0.1) is 23.3 Å². The van der Waals surface area contributed by atoms with Crippen LogP contribution in [0.1, 0.15) is 5.56 Å². The van der Waals surface area contributed by atoms with Crippen molar-refractivity contribution in [1.29, 1.82) is 0 Å². The molecule has 0 bridgehead atoms.